The summed E-state index contributed by atoms with van der Waals surface area (Å²) in [6.45, 7) is 1.59. The van der Waals surface area contributed by atoms with Gasteiger partial charge in [0.1, 0.15) is 6.04 Å². The Labute approximate surface area is 199 Å². The topological polar surface area (TPSA) is 91.6 Å². The van der Waals surface area contributed by atoms with Crippen molar-refractivity contribution in [1.29, 1.82) is 0 Å². The fourth-order valence-electron chi connectivity index (χ4n) is 3.78. The lowest BCUT2D eigenvalue weighted by Crippen LogP contribution is -2.42. The second-order valence-corrected chi connectivity index (χ2v) is 7.96. The molecular formula is C25H22ClN3O5. The highest BCUT2D eigenvalue weighted by atomic mass is 35.5. The smallest absolute Gasteiger partial charge is 0.336 e. The summed E-state index contributed by atoms with van der Waals surface area (Å²) in [6.07, 6.45) is 0. The Hall–Kier alpha value is -4.04. The molecule has 1 amide bonds. The summed E-state index contributed by atoms with van der Waals surface area (Å²) in [4.78, 5) is 40.0. The molecule has 9 heteroatoms. The van der Waals surface area contributed by atoms with Crippen LogP contribution in [0.2, 0.25) is 5.02 Å². The highest BCUT2D eigenvalue weighted by Crippen LogP contribution is 2.30. The largest absolute Gasteiger partial charge is 0.493 e. The number of hydrogen-bond acceptors (Lipinski definition) is 5. The van der Waals surface area contributed by atoms with Crippen molar-refractivity contribution >= 4 is 34.1 Å². The fraction of sp³-hybridized carbons (Fsp3) is 0.160. The van der Waals surface area contributed by atoms with Gasteiger partial charge in [-0.1, -0.05) is 29.8 Å². The number of halogens is 1. The molecule has 1 N–H and O–H groups in total. The zero-order chi connectivity index (χ0) is 24.4. The van der Waals surface area contributed by atoms with E-state index in [1.165, 1.54) is 24.9 Å². The molecule has 0 aliphatic rings. The number of nitrogens with one attached hydrogen (secondary N) is 1. The molecule has 174 valence electrons. The summed E-state index contributed by atoms with van der Waals surface area (Å²) in [5, 5.41) is 3.47. The molecule has 0 radical (unpaired) electrons. The standard InChI is InChI=1S/C25H22ClN3O5/c1-15(23(30)27-17-11-12-21(33-2)22(14-17)34-3)28-20-10-5-4-9-19(20)24(31)29(25(28)32)18-8-6-7-16(26)13-18/h4-15H,1-3H3,(H,27,30). The third kappa shape index (κ3) is 4.15. The van der Waals surface area contributed by atoms with Gasteiger partial charge in [0.05, 0.1) is 30.8 Å². The van der Waals surface area contributed by atoms with Crippen LogP contribution < -0.4 is 26.0 Å². The highest BCUT2D eigenvalue weighted by Gasteiger charge is 2.23. The van der Waals surface area contributed by atoms with Crippen LogP contribution in [0.25, 0.3) is 16.6 Å². The SMILES string of the molecule is COc1ccc(NC(=O)C(C)n2c(=O)n(-c3cccc(Cl)c3)c(=O)c3ccccc32)cc1OC. The highest BCUT2D eigenvalue weighted by molar-refractivity contribution is 6.30. The molecule has 0 saturated carbocycles. The zero-order valence-corrected chi connectivity index (χ0v) is 19.5. The van der Waals surface area contributed by atoms with E-state index in [0.29, 0.717) is 38.8 Å². The van der Waals surface area contributed by atoms with Crippen molar-refractivity contribution in [2.75, 3.05) is 19.5 Å². The van der Waals surface area contributed by atoms with Crippen LogP contribution in [0.4, 0.5) is 5.69 Å². The van der Waals surface area contributed by atoms with Crippen LogP contribution >= 0.6 is 11.6 Å². The van der Waals surface area contributed by atoms with Crippen LogP contribution in [-0.4, -0.2) is 29.3 Å². The lowest BCUT2D eigenvalue weighted by molar-refractivity contribution is -0.118. The number of para-hydroxylation sites is 1. The minimum Gasteiger partial charge on any atom is -0.493 e. The van der Waals surface area contributed by atoms with Crippen LogP contribution in [-0.2, 0) is 4.79 Å². The first kappa shape index (κ1) is 23.1. The van der Waals surface area contributed by atoms with Crippen molar-refractivity contribution < 1.29 is 14.3 Å². The third-order valence-electron chi connectivity index (χ3n) is 5.48. The summed E-state index contributed by atoms with van der Waals surface area (Å²) in [7, 11) is 3.02. The maximum Gasteiger partial charge on any atom is 0.336 e. The number of carbonyl (C=O) groups is 1. The van der Waals surface area contributed by atoms with Gasteiger partial charge in [-0.05, 0) is 49.4 Å². The number of fused-ring (bicyclic) bond motifs is 1. The van der Waals surface area contributed by atoms with Crippen molar-refractivity contribution in [3.8, 4) is 17.2 Å². The molecule has 0 bridgehead atoms. The third-order valence-corrected chi connectivity index (χ3v) is 5.71. The van der Waals surface area contributed by atoms with E-state index in [1.807, 2.05) is 0 Å². The average Bonchev–Trinajstić information content (AvgIpc) is 2.84. The van der Waals surface area contributed by atoms with Gasteiger partial charge in [0.15, 0.2) is 11.5 Å². The van der Waals surface area contributed by atoms with Gasteiger partial charge in [0, 0.05) is 16.8 Å². The number of benzene rings is 3. The average molecular weight is 480 g/mol. The number of amides is 1. The molecule has 34 heavy (non-hydrogen) atoms. The van der Waals surface area contributed by atoms with Crippen molar-refractivity contribution in [2.24, 2.45) is 0 Å². The van der Waals surface area contributed by atoms with Gasteiger partial charge in [-0.15, -0.1) is 0 Å². The van der Waals surface area contributed by atoms with Crippen LogP contribution in [0.5, 0.6) is 11.5 Å². The Morgan fingerprint density at radius 2 is 1.68 bits per heavy atom. The minimum atomic E-state index is -0.948. The predicted molar refractivity (Wildman–Crippen MR) is 132 cm³/mol. The van der Waals surface area contributed by atoms with Crippen LogP contribution in [0, 0.1) is 0 Å². The first-order valence-electron chi connectivity index (χ1n) is 10.4. The van der Waals surface area contributed by atoms with E-state index in [-0.39, 0.29) is 0 Å². The second-order valence-electron chi connectivity index (χ2n) is 7.53. The molecule has 1 heterocycles. The van der Waals surface area contributed by atoms with Crippen molar-refractivity contribution in [3.05, 3.63) is 92.6 Å². The molecule has 0 aliphatic carbocycles. The van der Waals surface area contributed by atoms with E-state index < -0.39 is 23.2 Å². The molecule has 4 rings (SSSR count). The lowest BCUT2D eigenvalue weighted by Gasteiger charge is -2.20. The Balaban J connectivity index is 1.83. The van der Waals surface area contributed by atoms with E-state index in [9.17, 15) is 14.4 Å². The molecule has 1 atom stereocenters. The number of hydrogen-bond donors (Lipinski definition) is 1. The molecule has 1 unspecified atom stereocenters. The molecule has 1 aromatic heterocycles. The predicted octanol–water partition coefficient (Wildman–Crippen LogP) is 4.02. The quantitative estimate of drug-likeness (QED) is 0.451. The molecule has 4 aromatic rings. The second kappa shape index (κ2) is 9.44. The Bertz CT molecular complexity index is 1510. The first-order chi connectivity index (χ1) is 16.3. The van der Waals surface area contributed by atoms with Gasteiger partial charge in [-0.25, -0.2) is 9.36 Å². The van der Waals surface area contributed by atoms with Gasteiger partial charge in [0.25, 0.3) is 5.56 Å². The number of anilines is 1. The maximum absolute atomic E-state index is 13.6. The molecule has 8 nitrogen and oxygen atoms in total. The van der Waals surface area contributed by atoms with Crippen LogP contribution in [0.1, 0.15) is 13.0 Å². The minimum absolute atomic E-state index is 0.299. The maximum atomic E-state index is 13.6. The van der Waals surface area contributed by atoms with Gasteiger partial charge in [0.2, 0.25) is 5.91 Å². The van der Waals surface area contributed by atoms with Crippen molar-refractivity contribution in [3.63, 3.8) is 0 Å². The summed E-state index contributed by atoms with van der Waals surface area (Å²) in [6, 6.07) is 17.1. The molecule has 0 saturated heterocycles. The number of aromatic nitrogens is 2. The van der Waals surface area contributed by atoms with Crippen molar-refractivity contribution in [2.45, 2.75) is 13.0 Å². The first-order valence-corrected chi connectivity index (χ1v) is 10.8. The summed E-state index contributed by atoms with van der Waals surface area (Å²) < 4.78 is 12.8. The normalized spacial score (nSPS) is 11.8. The van der Waals surface area contributed by atoms with Gasteiger partial charge >= 0.3 is 5.69 Å². The van der Waals surface area contributed by atoms with Gasteiger partial charge in [-0.2, -0.15) is 0 Å². The summed E-state index contributed by atoms with van der Waals surface area (Å²) in [5.41, 5.74) is -0.0113. The van der Waals surface area contributed by atoms with E-state index in [0.717, 1.165) is 4.57 Å². The van der Waals surface area contributed by atoms with E-state index in [2.05, 4.69) is 5.32 Å². The van der Waals surface area contributed by atoms with Gasteiger partial charge in [-0.3, -0.25) is 14.2 Å². The van der Waals surface area contributed by atoms with Gasteiger partial charge < -0.3 is 14.8 Å². The Morgan fingerprint density at radius 1 is 0.941 bits per heavy atom. The number of ether oxygens (including phenoxy) is 2. The van der Waals surface area contributed by atoms with Crippen LogP contribution in [0.3, 0.4) is 0 Å². The van der Waals surface area contributed by atoms with E-state index in [4.69, 9.17) is 21.1 Å². The fourth-order valence-corrected chi connectivity index (χ4v) is 3.96. The number of nitrogens with zero attached hydrogens (tertiary/aromatic N) is 2. The zero-order valence-electron chi connectivity index (χ0n) is 18.7. The molecule has 0 aliphatic heterocycles. The summed E-state index contributed by atoms with van der Waals surface area (Å²) in [5.74, 6) is 0.519. The molecule has 0 fully saturated rings. The van der Waals surface area contributed by atoms with Crippen molar-refractivity contribution in [1.82, 2.24) is 9.13 Å². The number of rotatable bonds is 6. The molecule has 0 spiro atoms. The molecular weight excluding hydrogens is 458 g/mol. The number of methoxy groups -OCH3 is 2. The van der Waals surface area contributed by atoms with Crippen LogP contribution in [0.15, 0.2) is 76.3 Å². The summed E-state index contributed by atoms with van der Waals surface area (Å²) >= 11 is 6.10. The lowest BCUT2D eigenvalue weighted by atomic mass is 10.2. The Morgan fingerprint density at radius 3 is 2.38 bits per heavy atom. The Kier molecular flexibility index (Phi) is 6.43. The monoisotopic (exact) mass is 479 g/mol. The van der Waals surface area contributed by atoms with E-state index >= 15 is 0 Å². The van der Waals surface area contributed by atoms with E-state index in [1.54, 1.807) is 67.6 Å². The number of carbonyl (C=O) groups excluding carboxylic acids is 1. The molecule has 3 aromatic carbocycles.